The van der Waals surface area contributed by atoms with Gasteiger partial charge < -0.3 is 4.74 Å². The molecule has 0 fully saturated rings. The minimum atomic E-state index is -4.57. The molecule has 1 rings (SSSR count). The van der Waals surface area contributed by atoms with E-state index < -0.39 is 24.1 Å². The first-order valence-electron chi connectivity index (χ1n) is 4.35. The molecule has 6 heteroatoms. The molecule has 0 N–H and O–H groups in total. The standard InChI is InChI=1S/C10H9F5O/c1-5-3-7(16-9(11)12)4-8(6(5)2)10(13,14)15/h3-4,9H,1-2H3. The first-order chi connectivity index (χ1) is 7.21. The van der Waals surface area contributed by atoms with Crippen molar-refractivity contribution < 1.29 is 26.7 Å². The van der Waals surface area contributed by atoms with E-state index in [1.807, 2.05) is 0 Å². The molecule has 0 saturated carbocycles. The monoisotopic (exact) mass is 240 g/mol. The van der Waals surface area contributed by atoms with Crippen LogP contribution in [-0.2, 0) is 6.18 Å². The highest BCUT2D eigenvalue weighted by atomic mass is 19.4. The third-order valence-corrected chi connectivity index (χ3v) is 2.17. The fraction of sp³-hybridized carbons (Fsp3) is 0.400. The largest absolute Gasteiger partial charge is 0.435 e. The molecule has 0 radical (unpaired) electrons. The molecule has 0 aliphatic heterocycles. The fourth-order valence-electron chi connectivity index (χ4n) is 1.29. The van der Waals surface area contributed by atoms with E-state index in [0.29, 0.717) is 6.07 Å². The van der Waals surface area contributed by atoms with Crippen LogP contribution in [0.15, 0.2) is 12.1 Å². The van der Waals surface area contributed by atoms with Gasteiger partial charge in [-0.3, -0.25) is 0 Å². The average molecular weight is 240 g/mol. The lowest BCUT2D eigenvalue weighted by molar-refractivity contribution is -0.138. The molecule has 90 valence electrons. The van der Waals surface area contributed by atoms with E-state index in [4.69, 9.17) is 0 Å². The van der Waals surface area contributed by atoms with Crippen LogP contribution in [0.5, 0.6) is 5.75 Å². The molecule has 0 unspecified atom stereocenters. The van der Waals surface area contributed by atoms with Crippen molar-refractivity contribution in [1.29, 1.82) is 0 Å². The van der Waals surface area contributed by atoms with Gasteiger partial charge in [-0.05, 0) is 37.1 Å². The zero-order valence-corrected chi connectivity index (χ0v) is 8.53. The molecular formula is C10H9F5O. The van der Waals surface area contributed by atoms with Crippen LogP contribution in [0.25, 0.3) is 0 Å². The molecule has 0 bridgehead atoms. The Kier molecular flexibility index (Phi) is 3.40. The quantitative estimate of drug-likeness (QED) is 0.712. The van der Waals surface area contributed by atoms with Crippen molar-refractivity contribution in [2.24, 2.45) is 0 Å². The van der Waals surface area contributed by atoms with Crippen LogP contribution in [0.3, 0.4) is 0 Å². The van der Waals surface area contributed by atoms with E-state index >= 15 is 0 Å². The van der Waals surface area contributed by atoms with Crippen molar-refractivity contribution in [2.45, 2.75) is 26.6 Å². The number of rotatable bonds is 2. The molecule has 0 aliphatic carbocycles. The number of halogens is 5. The van der Waals surface area contributed by atoms with Crippen LogP contribution in [-0.4, -0.2) is 6.61 Å². The lowest BCUT2D eigenvalue weighted by Gasteiger charge is -2.14. The molecule has 1 aromatic carbocycles. The number of hydrogen-bond donors (Lipinski definition) is 0. The summed E-state index contributed by atoms with van der Waals surface area (Å²) in [5.41, 5.74) is -0.692. The highest BCUT2D eigenvalue weighted by Crippen LogP contribution is 2.35. The molecule has 16 heavy (non-hydrogen) atoms. The second-order valence-electron chi connectivity index (χ2n) is 3.29. The van der Waals surface area contributed by atoms with Gasteiger partial charge in [0, 0.05) is 0 Å². The van der Waals surface area contributed by atoms with Gasteiger partial charge in [0.15, 0.2) is 0 Å². The number of hydrogen-bond acceptors (Lipinski definition) is 1. The summed E-state index contributed by atoms with van der Waals surface area (Å²) >= 11 is 0. The van der Waals surface area contributed by atoms with Gasteiger partial charge in [0.1, 0.15) is 5.75 Å². The van der Waals surface area contributed by atoms with Crippen molar-refractivity contribution in [3.8, 4) is 5.75 Å². The van der Waals surface area contributed by atoms with Crippen LogP contribution < -0.4 is 4.74 Å². The second-order valence-corrected chi connectivity index (χ2v) is 3.29. The van der Waals surface area contributed by atoms with Crippen LogP contribution in [0.1, 0.15) is 16.7 Å². The lowest BCUT2D eigenvalue weighted by Crippen LogP contribution is -2.10. The summed E-state index contributed by atoms with van der Waals surface area (Å²) in [6.45, 7) is -0.448. The third-order valence-electron chi connectivity index (χ3n) is 2.17. The maximum Gasteiger partial charge on any atom is 0.416 e. The normalized spacial score (nSPS) is 12.0. The molecule has 0 spiro atoms. The van der Waals surface area contributed by atoms with Crippen LogP contribution in [0.2, 0.25) is 0 Å². The Morgan fingerprint density at radius 1 is 1.12 bits per heavy atom. The second kappa shape index (κ2) is 4.27. The molecule has 0 amide bonds. The maximum atomic E-state index is 12.5. The fourth-order valence-corrected chi connectivity index (χ4v) is 1.29. The predicted molar refractivity (Wildman–Crippen MR) is 47.6 cm³/mol. The summed E-state index contributed by atoms with van der Waals surface area (Å²) in [4.78, 5) is 0. The number of alkyl halides is 5. The Morgan fingerprint density at radius 3 is 2.12 bits per heavy atom. The molecule has 1 aromatic rings. The molecule has 0 saturated heterocycles. The zero-order valence-electron chi connectivity index (χ0n) is 8.53. The Balaban J connectivity index is 3.23. The van der Waals surface area contributed by atoms with Crippen LogP contribution in [0, 0.1) is 13.8 Å². The van der Waals surface area contributed by atoms with Crippen LogP contribution in [0.4, 0.5) is 22.0 Å². The van der Waals surface area contributed by atoms with Crippen LogP contribution >= 0.6 is 0 Å². The van der Waals surface area contributed by atoms with E-state index in [9.17, 15) is 22.0 Å². The van der Waals surface area contributed by atoms with E-state index in [0.717, 1.165) is 6.07 Å². The van der Waals surface area contributed by atoms with E-state index in [2.05, 4.69) is 4.74 Å². The van der Waals surface area contributed by atoms with Crippen molar-refractivity contribution in [2.75, 3.05) is 0 Å². The number of ether oxygens (including phenoxy) is 1. The smallest absolute Gasteiger partial charge is 0.416 e. The van der Waals surface area contributed by atoms with Crippen molar-refractivity contribution in [3.05, 3.63) is 28.8 Å². The van der Waals surface area contributed by atoms with Gasteiger partial charge in [-0.15, -0.1) is 0 Å². The first kappa shape index (κ1) is 12.7. The zero-order chi connectivity index (χ0) is 12.5. The molecule has 0 heterocycles. The lowest BCUT2D eigenvalue weighted by atomic mass is 10.0. The van der Waals surface area contributed by atoms with Gasteiger partial charge in [-0.1, -0.05) is 0 Å². The predicted octanol–water partition coefficient (Wildman–Crippen LogP) is 3.92. The van der Waals surface area contributed by atoms with Gasteiger partial charge >= 0.3 is 12.8 Å². The highest BCUT2D eigenvalue weighted by molar-refractivity contribution is 5.42. The van der Waals surface area contributed by atoms with Crippen molar-refractivity contribution in [3.63, 3.8) is 0 Å². The SMILES string of the molecule is Cc1cc(OC(F)F)cc(C(F)(F)F)c1C. The summed E-state index contributed by atoms with van der Waals surface area (Å²) in [7, 11) is 0. The third kappa shape index (κ3) is 2.84. The van der Waals surface area contributed by atoms with Crippen molar-refractivity contribution >= 4 is 0 Å². The maximum absolute atomic E-state index is 12.5. The van der Waals surface area contributed by atoms with E-state index in [1.165, 1.54) is 13.8 Å². The Labute approximate surface area is 88.8 Å². The summed E-state index contributed by atoms with van der Waals surface area (Å²) in [5, 5.41) is 0. The Bertz CT molecular complexity index is 384. The molecular weight excluding hydrogens is 231 g/mol. The number of aryl methyl sites for hydroxylation is 1. The summed E-state index contributed by atoms with van der Waals surface area (Å²) in [6, 6.07) is 1.73. The van der Waals surface area contributed by atoms with E-state index in [-0.39, 0.29) is 11.1 Å². The van der Waals surface area contributed by atoms with Crippen molar-refractivity contribution in [1.82, 2.24) is 0 Å². The van der Waals surface area contributed by atoms with Gasteiger partial charge in [0.25, 0.3) is 0 Å². The van der Waals surface area contributed by atoms with Gasteiger partial charge in [0.05, 0.1) is 5.56 Å². The highest BCUT2D eigenvalue weighted by Gasteiger charge is 2.33. The summed E-state index contributed by atoms with van der Waals surface area (Å²) in [5.74, 6) is -0.481. The minimum absolute atomic E-state index is 0.00844. The summed E-state index contributed by atoms with van der Waals surface area (Å²) in [6.07, 6.45) is -4.57. The number of benzene rings is 1. The first-order valence-corrected chi connectivity index (χ1v) is 4.35. The Hall–Kier alpha value is -1.33. The van der Waals surface area contributed by atoms with E-state index in [1.54, 1.807) is 0 Å². The molecule has 0 atom stereocenters. The van der Waals surface area contributed by atoms with Gasteiger partial charge in [0.2, 0.25) is 0 Å². The average Bonchev–Trinajstić information content (AvgIpc) is 2.08. The summed E-state index contributed by atoms with van der Waals surface area (Å²) < 4.78 is 65.2. The molecule has 0 aliphatic rings. The van der Waals surface area contributed by atoms with Gasteiger partial charge in [-0.2, -0.15) is 22.0 Å². The molecule has 0 aromatic heterocycles. The topological polar surface area (TPSA) is 9.23 Å². The molecule has 1 nitrogen and oxygen atoms in total. The Morgan fingerprint density at radius 2 is 1.69 bits per heavy atom. The van der Waals surface area contributed by atoms with Gasteiger partial charge in [-0.25, -0.2) is 0 Å². The minimum Gasteiger partial charge on any atom is -0.435 e.